The van der Waals surface area contributed by atoms with Gasteiger partial charge in [0.05, 0.1) is 11.4 Å². The summed E-state index contributed by atoms with van der Waals surface area (Å²) in [5, 5.41) is 9.42. The van der Waals surface area contributed by atoms with Crippen LogP contribution in [0.3, 0.4) is 0 Å². The van der Waals surface area contributed by atoms with Crippen LogP contribution >= 0.6 is 0 Å². The number of carbonyl (C=O) groups excluding carboxylic acids is 1. The Morgan fingerprint density at radius 2 is 2.06 bits per heavy atom. The fourth-order valence-corrected chi connectivity index (χ4v) is 1.72. The van der Waals surface area contributed by atoms with Crippen LogP contribution < -0.4 is 16.0 Å². The van der Waals surface area contributed by atoms with Crippen LogP contribution in [0.4, 0.5) is 11.4 Å². The molecule has 0 unspecified atom stereocenters. The molecule has 2 rings (SSSR count). The van der Waals surface area contributed by atoms with E-state index in [0.29, 0.717) is 5.56 Å². The highest BCUT2D eigenvalue weighted by atomic mass is 16.1. The summed E-state index contributed by atoms with van der Waals surface area (Å²) >= 11 is 0. The number of nitrogens with one attached hydrogen (secondary N) is 3. The van der Waals surface area contributed by atoms with E-state index in [1.165, 1.54) is 0 Å². The van der Waals surface area contributed by atoms with E-state index in [0.717, 1.165) is 37.4 Å². The van der Waals surface area contributed by atoms with Crippen LogP contribution in [0.25, 0.3) is 0 Å². The summed E-state index contributed by atoms with van der Waals surface area (Å²) in [6.45, 7) is 4.58. The molecule has 0 atom stereocenters. The smallest absolute Gasteiger partial charge is 0.251 e. The molecule has 86 valence electrons. The third-order valence-electron chi connectivity index (χ3n) is 2.57. The zero-order valence-electron chi connectivity index (χ0n) is 9.47. The van der Waals surface area contributed by atoms with Crippen LogP contribution in [0, 0.1) is 0 Å². The summed E-state index contributed by atoms with van der Waals surface area (Å²) in [6, 6.07) is 5.69. The SMILES string of the molecule is CCCNC(=O)c1ccc2c(c1)NCCN2. The summed E-state index contributed by atoms with van der Waals surface area (Å²) in [5.74, 6) is -0.00276. The van der Waals surface area contributed by atoms with Gasteiger partial charge in [0.2, 0.25) is 0 Å². The molecule has 16 heavy (non-hydrogen) atoms. The van der Waals surface area contributed by atoms with Crippen molar-refractivity contribution in [3.8, 4) is 0 Å². The number of hydrogen-bond acceptors (Lipinski definition) is 3. The molecule has 0 aromatic heterocycles. The highest BCUT2D eigenvalue weighted by molar-refractivity contribution is 5.96. The molecule has 0 radical (unpaired) electrons. The largest absolute Gasteiger partial charge is 0.382 e. The Morgan fingerprint density at radius 1 is 1.31 bits per heavy atom. The van der Waals surface area contributed by atoms with Crippen LogP contribution in [0.1, 0.15) is 23.7 Å². The Morgan fingerprint density at radius 3 is 2.81 bits per heavy atom. The molecule has 1 aromatic carbocycles. The number of anilines is 2. The molecule has 0 saturated heterocycles. The molecule has 3 N–H and O–H groups in total. The van der Waals surface area contributed by atoms with Crippen LogP contribution in [-0.4, -0.2) is 25.5 Å². The quantitative estimate of drug-likeness (QED) is 0.724. The predicted octanol–water partition coefficient (Wildman–Crippen LogP) is 1.66. The third-order valence-corrected chi connectivity index (χ3v) is 2.57. The van der Waals surface area contributed by atoms with Crippen molar-refractivity contribution in [2.75, 3.05) is 30.3 Å². The second-order valence-electron chi connectivity index (χ2n) is 3.87. The summed E-state index contributed by atoms with van der Waals surface area (Å²) in [7, 11) is 0. The van der Waals surface area contributed by atoms with Gasteiger partial charge >= 0.3 is 0 Å². The average molecular weight is 219 g/mol. The number of fused-ring (bicyclic) bond motifs is 1. The predicted molar refractivity (Wildman–Crippen MR) is 66.0 cm³/mol. The number of amides is 1. The van der Waals surface area contributed by atoms with Gasteiger partial charge in [0, 0.05) is 25.2 Å². The summed E-state index contributed by atoms with van der Waals surface area (Å²) in [4.78, 5) is 11.7. The Hall–Kier alpha value is -1.71. The normalized spacial score (nSPS) is 13.3. The molecule has 4 heteroatoms. The van der Waals surface area contributed by atoms with E-state index < -0.39 is 0 Å². The fourth-order valence-electron chi connectivity index (χ4n) is 1.72. The van der Waals surface area contributed by atoms with E-state index in [9.17, 15) is 4.79 Å². The van der Waals surface area contributed by atoms with Crippen LogP contribution in [-0.2, 0) is 0 Å². The lowest BCUT2D eigenvalue weighted by atomic mass is 10.1. The number of carbonyl (C=O) groups is 1. The van der Waals surface area contributed by atoms with Crippen molar-refractivity contribution in [2.45, 2.75) is 13.3 Å². The minimum atomic E-state index is -0.00276. The second-order valence-corrected chi connectivity index (χ2v) is 3.87. The molecule has 0 aliphatic carbocycles. The van der Waals surface area contributed by atoms with Crippen molar-refractivity contribution in [3.05, 3.63) is 23.8 Å². The molecular weight excluding hydrogens is 202 g/mol. The maximum atomic E-state index is 11.7. The lowest BCUT2D eigenvalue weighted by Gasteiger charge is -2.20. The van der Waals surface area contributed by atoms with Crippen LogP contribution in [0.2, 0.25) is 0 Å². The molecule has 1 aliphatic heterocycles. The average Bonchev–Trinajstić information content (AvgIpc) is 2.35. The topological polar surface area (TPSA) is 53.2 Å². The second kappa shape index (κ2) is 4.88. The van der Waals surface area contributed by atoms with Crippen molar-refractivity contribution >= 4 is 17.3 Å². The van der Waals surface area contributed by atoms with Gasteiger partial charge in [0.25, 0.3) is 5.91 Å². The summed E-state index contributed by atoms with van der Waals surface area (Å²) in [6.07, 6.45) is 0.955. The third kappa shape index (κ3) is 2.27. The van der Waals surface area contributed by atoms with E-state index in [1.54, 1.807) is 0 Å². The van der Waals surface area contributed by atoms with Crippen LogP contribution in [0.15, 0.2) is 18.2 Å². The first-order chi connectivity index (χ1) is 7.81. The van der Waals surface area contributed by atoms with Gasteiger partial charge in [-0.05, 0) is 24.6 Å². The Kier molecular flexibility index (Phi) is 3.29. The van der Waals surface area contributed by atoms with E-state index in [2.05, 4.69) is 16.0 Å². The van der Waals surface area contributed by atoms with E-state index in [-0.39, 0.29) is 5.91 Å². The maximum Gasteiger partial charge on any atom is 0.251 e. The van der Waals surface area contributed by atoms with Gasteiger partial charge in [-0.1, -0.05) is 6.92 Å². The number of rotatable bonds is 3. The minimum absolute atomic E-state index is 0.00276. The summed E-state index contributed by atoms with van der Waals surface area (Å²) < 4.78 is 0. The van der Waals surface area contributed by atoms with Crippen molar-refractivity contribution in [2.24, 2.45) is 0 Å². The Balaban J connectivity index is 2.13. The number of benzene rings is 1. The van der Waals surface area contributed by atoms with Crippen molar-refractivity contribution < 1.29 is 4.79 Å². The number of hydrogen-bond donors (Lipinski definition) is 3. The molecule has 1 aromatic rings. The van der Waals surface area contributed by atoms with Gasteiger partial charge in [-0.25, -0.2) is 0 Å². The van der Waals surface area contributed by atoms with E-state index in [1.807, 2.05) is 25.1 Å². The highest BCUT2D eigenvalue weighted by Gasteiger charge is 2.11. The first kappa shape index (κ1) is 10.8. The highest BCUT2D eigenvalue weighted by Crippen LogP contribution is 2.25. The lowest BCUT2D eigenvalue weighted by molar-refractivity contribution is 0.0953. The van der Waals surface area contributed by atoms with Gasteiger partial charge in [-0.3, -0.25) is 4.79 Å². The molecule has 4 nitrogen and oxygen atoms in total. The molecule has 1 amide bonds. The van der Waals surface area contributed by atoms with Gasteiger partial charge in [-0.15, -0.1) is 0 Å². The molecule has 0 spiro atoms. The van der Waals surface area contributed by atoms with Crippen molar-refractivity contribution in [3.63, 3.8) is 0 Å². The van der Waals surface area contributed by atoms with E-state index in [4.69, 9.17) is 0 Å². The monoisotopic (exact) mass is 219 g/mol. The summed E-state index contributed by atoms with van der Waals surface area (Å²) in [5.41, 5.74) is 2.79. The molecule has 1 heterocycles. The van der Waals surface area contributed by atoms with E-state index >= 15 is 0 Å². The minimum Gasteiger partial charge on any atom is -0.382 e. The zero-order valence-corrected chi connectivity index (χ0v) is 9.47. The molecule has 0 fully saturated rings. The zero-order chi connectivity index (χ0) is 11.4. The molecular formula is C12H17N3O. The van der Waals surface area contributed by atoms with Gasteiger partial charge in [0.15, 0.2) is 0 Å². The molecule has 0 saturated carbocycles. The van der Waals surface area contributed by atoms with Crippen LogP contribution in [0.5, 0.6) is 0 Å². The van der Waals surface area contributed by atoms with Crippen molar-refractivity contribution in [1.82, 2.24) is 5.32 Å². The Labute approximate surface area is 95.4 Å². The Bertz CT molecular complexity index is 390. The fraction of sp³-hybridized carbons (Fsp3) is 0.417. The molecule has 0 bridgehead atoms. The maximum absolute atomic E-state index is 11.7. The first-order valence-corrected chi connectivity index (χ1v) is 5.71. The standard InChI is InChI=1S/C12H17N3O/c1-2-5-15-12(16)9-3-4-10-11(8-9)14-7-6-13-10/h3-4,8,13-14H,2,5-7H2,1H3,(H,15,16). The molecule has 1 aliphatic rings. The lowest BCUT2D eigenvalue weighted by Crippen LogP contribution is -2.25. The van der Waals surface area contributed by atoms with Gasteiger partial charge in [-0.2, -0.15) is 0 Å². The van der Waals surface area contributed by atoms with Gasteiger partial charge in [0.1, 0.15) is 0 Å². The first-order valence-electron chi connectivity index (χ1n) is 5.71. The van der Waals surface area contributed by atoms with Crippen molar-refractivity contribution in [1.29, 1.82) is 0 Å². The van der Waals surface area contributed by atoms with Gasteiger partial charge < -0.3 is 16.0 Å².